The summed E-state index contributed by atoms with van der Waals surface area (Å²) in [7, 11) is 0. The molecule has 0 spiro atoms. The van der Waals surface area contributed by atoms with Gasteiger partial charge in [-0.3, -0.25) is 5.10 Å². The predicted octanol–water partition coefficient (Wildman–Crippen LogP) is 2.22. The van der Waals surface area contributed by atoms with Crippen LogP contribution in [0.2, 0.25) is 5.28 Å². The number of hydrogen-bond acceptors (Lipinski definition) is 4. The normalized spacial score (nSPS) is 23.6. The van der Waals surface area contributed by atoms with Crippen LogP contribution < -0.4 is 5.32 Å². The predicted molar refractivity (Wildman–Crippen MR) is 62.5 cm³/mol. The van der Waals surface area contributed by atoms with Gasteiger partial charge in [0.05, 0.1) is 11.6 Å². The Balaban J connectivity index is 1.93. The first kappa shape index (κ1) is 9.84. The molecule has 2 unspecified atom stereocenters. The summed E-state index contributed by atoms with van der Waals surface area (Å²) in [6.07, 6.45) is 4.12. The molecule has 2 aromatic heterocycles. The second kappa shape index (κ2) is 3.59. The van der Waals surface area contributed by atoms with Gasteiger partial charge in [0, 0.05) is 6.04 Å². The van der Waals surface area contributed by atoms with E-state index in [9.17, 15) is 0 Å². The van der Waals surface area contributed by atoms with Crippen molar-refractivity contribution >= 4 is 28.5 Å². The summed E-state index contributed by atoms with van der Waals surface area (Å²) >= 11 is 5.84. The van der Waals surface area contributed by atoms with E-state index in [1.54, 1.807) is 6.20 Å². The van der Waals surface area contributed by atoms with Gasteiger partial charge in [-0.1, -0.05) is 13.3 Å². The van der Waals surface area contributed by atoms with E-state index in [0.29, 0.717) is 11.7 Å². The number of H-pyrrole nitrogens is 1. The summed E-state index contributed by atoms with van der Waals surface area (Å²) in [6.45, 7) is 2.20. The summed E-state index contributed by atoms with van der Waals surface area (Å²) in [5.74, 6) is 1.54. The van der Waals surface area contributed by atoms with E-state index in [4.69, 9.17) is 11.6 Å². The van der Waals surface area contributed by atoms with Gasteiger partial charge in [0.1, 0.15) is 5.82 Å². The van der Waals surface area contributed by atoms with E-state index in [2.05, 4.69) is 32.4 Å². The number of halogens is 1. The van der Waals surface area contributed by atoms with Crippen LogP contribution in [0.3, 0.4) is 0 Å². The number of rotatable bonds is 3. The SMILES string of the molecule is CCC1CC1Nc1nc(Cl)nc2[nH]ncc12. The van der Waals surface area contributed by atoms with Crippen molar-refractivity contribution in [2.75, 3.05) is 5.32 Å². The third-order valence-electron chi connectivity index (χ3n) is 3.05. The zero-order valence-corrected chi connectivity index (χ0v) is 9.62. The molecule has 16 heavy (non-hydrogen) atoms. The lowest BCUT2D eigenvalue weighted by molar-refractivity contribution is 0.774. The molecular weight excluding hydrogens is 226 g/mol. The first-order valence-corrected chi connectivity index (χ1v) is 5.79. The van der Waals surface area contributed by atoms with Crippen LogP contribution >= 0.6 is 11.6 Å². The Hall–Kier alpha value is -1.36. The molecule has 2 heterocycles. The smallest absolute Gasteiger partial charge is 0.226 e. The van der Waals surface area contributed by atoms with Gasteiger partial charge in [-0.05, 0) is 23.9 Å². The molecule has 1 saturated carbocycles. The number of anilines is 1. The standard InChI is InChI=1S/C10H12ClN5/c1-2-5-3-7(5)13-8-6-4-12-16-9(6)15-10(11)14-8/h4-5,7H,2-3H2,1H3,(H2,12,13,14,15,16). The number of aromatic amines is 1. The highest BCUT2D eigenvalue weighted by Crippen LogP contribution is 2.36. The fourth-order valence-corrected chi connectivity index (χ4v) is 2.14. The van der Waals surface area contributed by atoms with Crippen LogP contribution in [0.15, 0.2) is 6.20 Å². The highest BCUT2D eigenvalue weighted by atomic mass is 35.5. The van der Waals surface area contributed by atoms with Gasteiger partial charge >= 0.3 is 0 Å². The number of aromatic nitrogens is 4. The molecule has 1 aliphatic rings. The maximum absolute atomic E-state index is 5.84. The van der Waals surface area contributed by atoms with Gasteiger partial charge < -0.3 is 5.32 Å². The second-order valence-electron chi connectivity index (χ2n) is 4.13. The highest BCUT2D eigenvalue weighted by Gasteiger charge is 2.35. The number of fused-ring (bicyclic) bond motifs is 1. The van der Waals surface area contributed by atoms with E-state index in [1.165, 1.54) is 12.8 Å². The van der Waals surface area contributed by atoms with Crippen LogP contribution in [0.4, 0.5) is 5.82 Å². The van der Waals surface area contributed by atoms with Crippen molar-refractivity contribution in [1.82, 2.24) is 20.2 Å². The molecule has 0 saturated heterocycles. The Morgan fingerprint density at radius 1 is 1.56 bits per heavy atom. The molecule has 6 heteroatoms. The number of nitrogens with one attached hydrogen (secondary N) is 2. The molecule has 2 N–H and O–H groups in total. The maximum atomic E-state index is 5.84. The van der Waals surface area contributed by atoms with Crippen LogP contribution in [-0.4, -0.2) is 26.2 Å². The van der Waals surface area contributed by atoms with Gasteiger partial charge in [-0.15, -0.1) is 0 Å². The van der Waals surface area contributed by atoms with Crippen molar-refractivity contribution in [3.63, 3.8) is 0 Å². The van der Waals surface area contributed by atoms with Crippen molar-refractivity contribution in [3.8, 4) is 0 Å². The van der Waals surface area contributed by atoms with Crippen LogP contribution in [0.25, 0.3) is 11.0 Å². The molecule has 0 aromatic carbocycles. The summed E-state index contributed by atoms with van der Waals surface area (Å²) in [5, 5.41) is 11.3. The molecule has 0 radical (unpaired) electrons. The third kappa shape index (κ3) is 1.61. The maximum Gasteiger partial charge on any atom is 0.226 e. The number of nitrogens with zero attached hydrogens (tertiary/aromatic N) is 3. The fourth-order valence-electron chi connectivity index (χ4n) is 1.97. The van der Waals surface area contributed by atoms with Crippen molar-refractivity contribution in [3.05, 3.63) is 11.5 Å². The monoisotopic (exact) mass is 237 g/mol. The molecule has 0 aliphatic heterocycles. The van der Waals surface area contributed by atoms with Crippen LogP contribution in [-0.2, 0) is 0 Å². The summed E-state index contributed by atoms with van der Waals surface area (Å²) in [5.41, 5.74) is 0.677. The summed E-state index contributed by atoms with van der Waals surface area (Å²) in [4.78, 5) is 8.27. The quantitative estimate of drug-likeness (QED) is 0.804. The Bertz CT molecular complexity index is 523. The lowest BCUT2D eigenvalue weighted by atomic mass is 10.3. The molecule has 0 bridgehead atoms. The first-order chi connectivity index (χ1) is 7.78. The molecule has 84 valence electrons. The van der Waals surface area contributed by atoms with Gasteiger partial charge in [-0.2, -0.15) is 15.1 Å². The Labute approximate surface area is 97.6 Å². The average molecular weight is 238 g/mol. The molecule has 5 nitrogen and oxygen atoms in total. The van der Waals surface area contributed by atoms with Crippen molar-refractivity contribution in [2.24, 2.45) is 5.92 Å². The van der Waals surface area contributed by atoms with E-state index in [0.717, 1.165) is 17.1 Å². The molecule has 2 aromatic rings. The largest absolute Gasteiger partial charge is 0.366 e. The Morgan fingerprint density at radius 2 is 2.44 bits per heavy atom. The van der Waals surface area contributed by atoms with Crippen LogP contribution in [0, 0.1) is 5.92 Å². The van der Waals surface area contributed by atoms with Gasteiger partial charge in [0.15, 0.2) is 5.65 Å². The molecule has 3 rings (SSSR count). The minimum atomic E-state index is 0.243. The van der Waals surface area contributed by atoms with Gasteiger partial charge in [0.25, 0.3) is 0 Å². The first-order valence-electron chi connectivity index (χ1n) is 5.41. The lowest BCUT2D eigenvalue weighted by Gasteiger charge is -2.05. The number of hydrogen-bond donors (Lipinski definition) is 2. The van der Waals surface area contributed by atoms with Gasteiger partial charge in [0.2, 0.25) is 5.28 Å². The topological polar surface area (TPSA) is 66.5 Å². The highest BCUT2D eigenvalue weighted by molar-refractivity contribution is 6.28. The second-order valence-corrected chi connectivity index (χ2v) is 4.47. The van der Waals surface area contributed by atoms with Crippen molar-refractivity contribution in [1.29, 1.82) is 0 Å². The minimum Gasteiger partial charge on any atom is -0.366 e. The Morgan fingerprint density at radius 3 is 3.19 bits per heavy atom. The van der Waals surface area contributed by atoms with Crippen molar-refractivity contribution in [2.45, 2.75) is 25.8 Å². The van der Waals surface area contributed by atoms with E-state index >= 15 is 0 Å². The molecule has 1 fully saturated rings. The van der Waals surface area contributed by atoms with Gasteiger partial charge in [-0.25, -0.2) is 0 Å². The minimum absolute atomic E-state index is 0.243. The third-order valence-corrected chi connectivity index (χ3v) is 3.22. The molecular formula is C10H12ClN5. The summed E-state index contributed by atoms with van der Waals surface area (Å²) < 4.78 is 0. The lowest BCUT2D eigenvalue weighted by Crippen LogP contribution is -2.07. The van der Waals surface area contributed by atoms with Crippen LogP contribution in [0.5, 0.6) is 0 Å². The average Bonchev–Trinajstić information content (AvgIpc) is 2.83. The van der Waals surface area contributed by atoms with E-state index < -0.39 is 0 Å². The zero-order valence-electron chi connectivity index (χ0n) is 8.87. The molecule has 2 atom stereocenters. The van der Waals surface area contributed by atoms with E-state index in [1.807, 2.05) is 0 Å². The van der Waals surface area contributed by atoms with Crippen LogP contribution in [0.1, 0.15) is 19.8 Å². The molecule has 0 amide bonds. The Kier molecular flexibility index (Phi) is 2.21. The van der Waals surface area contributed by atoms with Crippen molar-refractivity contribution < 1.29 is 0 Å². The fraction of sp³-hybridized carbons (Fsp3) is 0.500. The molecule has 1 aliphatic carbocycles. The summed E-state index contributed by atoms with van der Waals surface area (Å²) in [6, 6.07) is 0.522. The zero-order chi connectivity index (χ0) is 11.1. The van der Waals surface area contributed by atoms with E-state index in [-0.39, 0.29) is 5.28 Å².